The monoisotopic (exact) mass is 434 g/mol. The topological polar surface area (TPSA) is 67.9 Å². The quantitative estimate of drug-likeness (QED) is 0.693. The van der Waals surface area contributed by atoms with Gasteiger partial charge in [-0.05, 0) is 48.9 Å². The van der Waals surface area contributed by atoms with Crippen LogP contribution in [-0.4, -0.2) is 43.5 Å². The largest absolute Gasteiger partial charge is 0.497 e. The van der Waals surface area contributed by atoms with Crippen LogP contribution in [0.3, 0.4) is 0 Å². The highest BCUT2D eigenvalue weighted by Crippen LogP contribution is 2.18. The number of nitrogens with one attached hydrogen (secondary N) is 1. The van der Waals surface area contributed by atoms with Crippen molar-refractivity contribution in [3.63, 3.8) is 0 Å². The second-order valence-corrected chi connectivity index (χ2v) is 6.82. The Kier molecular flexibility index (Phi) is 7.67. The van der Waals surface area contributed by atoms with E-state index in [1.165, 1.54) is 4.90 Å². The van der Waals surface area contributed by atoms with Gasteiger partial charge in [0.05, 0.1) is 7.11 Å². The third kappa shape index (κ3) is 5.99. The first-order valence-electron chi connectivity index (χ1n) is 8.47. The van der Waals surface area contributed by atoms with Crippen LogP contribution < -0.4 is 14.8 Å². The maximum absolute atomic E-state index is 12.8. The molecule has 0 saturated heterocycles. The number of hydrogen-bond donors (Lipinski definition) is 1. The van der Waals surface area contributed by atoms with Gasteiger partial charge in [-0.25, -0.2) is 0 Å². The molecule has 6 nitrogen and oxygen atoms in total. The number of rotatable bonds is 8. The van der Waals surface area contributed by atoms with Crippen LogP contribution in [0.1, 0.15) is 12.5 Å². The molecule has 7 heteroatoms. The minimum Gasteiger partial charge on any atom is -0.497 e. The predicted molar refractivity (Wildman–Crippen MR) is 107 cm³/mol. The molecule has 0 aliphatic heterocycles. The zero-order valence-electron chi connectivity index (χ0n) is 15.6. The van der Waals surface area contributed by atoms with Crippen LogP contribution in [-0.2, 0) is 16.1 Å². The lowest BCUT2D eigenvalue weighted by Crippen LogP contribution is -2.48. The Morgan fingerprint density at radius 1 is 1.07 bits per heavy atom. The van der Waals surface area contributed by atoms with Crippen molar-refractivity contribution >= 4 is 27.7 Å². The number of methoxy groups -OCH3 is 1. The highest BCUT2D eigenvalue weighted by atomic mass is 79.9. The highest BCUT2D eigenvalue weighted by molar-refractivity contribution is 9.10. The van der Waals surface area contributed by atoms with Gasteiger partial charge in [0, 0.05) is 18.1 Å². The molecule has 0 saturated carbocycles. The Balaban J connectivity index is 2.09. The van der Waals surface area contributed by atoms with E-state index >= 15 is 0 Å². The van der Waals surface area contributed by atoms with Gasteiger partial charge in [0.25, 0.3) is 5.91 Å². The molecule has 1 atom stereocenters. The molecule has 0 bridgehead atoms. The van der Waals surface area contributed by atoms with Gasteiger partial charge >= 0.3 is 0 Å². The van der Waals surface area contributed by atoms with Crippen LogP contribution in [0.25, 0.3) is 0 Å². The highest BCUT2D eigenvalue weighted by Gasteiger charge is 2.25. The molecule has 144 valence electrons. The number of hydrogen-bond acceptors (Lipinski definition) is 4. The Morgan fingerprint density at radius 3 is 2.22 bits per heavy atom. The Bertz CT molecular complexity index is 763. The molecule has 2 rings (SSSR count). The van der Waals surface area contributed by atoms with Crippen molar-refractivity contribution in [1.29, 1.82) is 0 Å². The summed E-state index contributed by atoms with van der Waals surface area (Å²) in [6.45, 7) is 1.85. The van der Waals surface area contributed by atoms with E-state index < -0.39 is 6.04 Å². The maximum Gasteiger partial charge on any atom is 0.261 e. The van der Waals surface area contributed by atoms with E-state index in [1.807, 2.05) is 24.3 Å². The number of carbonyl (C=O) groups is 2. The molecule has 2 aromatic rings. The van der Waals surface area contributed by atoms with Crippen molar-refractivity contribution in [3.8, 4) is 11.5 Å². The number of halogens is 1. The minimum atomic E-state index is -0.620. The third-order valence-electron chi connectivity index (χ3n) is 4.10. The van der Waals surface area contributed by atoms with Gasteiger partial charge in [-0.1, -0.05) is 28.1 Å². The zero-order chi connectivity index (χ0) is 19.8. The van der Waals surface area contributed by atoms with Crippen molar-refractivity contribution in [3.05, 3.63) is 58.6 Å². The standard InChI is InChI=1S/C20H23BrN2O4/c1-14(20(25)22-2)23(12-15-4-6-16(21)7-5-15)19(24)13-27-18-10-8-17(26-3)9-11-18/h4-11,14H,12-13H2,1-3H3,(H,22,25)/t14-/m0/s1. The van der Waals surface area contributed by atoms with Crippen LogP contribution in [0.4, 0.5) is 0 Å². The van der Waals surface area contributed by atoms with E-state index in [4.69, 9.17) is 9.47 Å². The molecule has 0 unspecified atom stereocenters. The van der Waals surface area contributed by atoms with E-state index in [-0.39, 0.29) is 18.4 Å². The van der Waals surface area contributed by atoms with Gasteiger partial charge < -0.3 is 19.7 Å². The first-order valence-corrected chi connectivity index (χ1v) is 9.26. The molecule has 0 aromatic heterocycles. The van der Waals surface area contributed by atoms with Crippen molar-refractivity contribution in [1.82, 2.24) is 10.2 Å². The normalized spacial score (nSPS) is 11.4. The second-order valence-electron chi connectivity index (χ2n) is 5.90. The summed E-state index contributed by atoms with van der Waals surface area (Å²) in [5, 5.41) is 2.59. The predicted octanol–water partition coefficient (Wildman–Crippen LogP) is 3.00. The third-order valence-corrected chi connectivity index (χ3v) is 4.63. The van der Waals surface area contributed by atoms with Gasteiger partial charge in [0.1, 0.15) is 17.5 Å². The van der Waals surface area contributed by atoms with Crippen LogP contribution >= 0.6 is 15.9 Å². The molecule has 0 aliphatic carbocycles. The van der Waals surface area contributed by atoms with E-state index in [1.54, 1.807) is 45.3 Å². The van der Waals surface area contributed by atoms with Gasteiger partial charge in [-0.15, -0.1) is 0 Å². The average molecular weight is 435 g/mol. The van der Waals surface area contributed by atoms with Crippen LogP contribution in [0.5, 0.6) is 11.5 Å². The average Bonchev–Trinajstić information content (AvgIpc) is 2.70. The number of nitrogens with zero attached hydrogens (tertiary/aromatic N) is 1. The van der Waals surface area contributed by atoms with Gasteiger partial charge in [-0.3, -0.25) is 9.59 Å². The lowest BCUT2D eigenvalue weighted by molar-refractivity contribution is -0.142. The fourth-order valence-corrected chi connectivity index (χ4v) is 2.74. The van der Waals surface area contributed by atoms with Crippen molar-refractivity contribution in [2.75, 3.05) is 20.8 Å². The fourth-order valence-electron chi connectivity index (χ4n) is 2.48. The van der Waals surface area contributed by atoms with E-state index in [9.17, 15) is 9.59 Å². The zero-order valence-corrected chi connectivity index (χ0v) is 17.2. The molecule has 1 N–H and O–H groups in total. The molecule has 0 radical (unpaired) electrons. The number of likely N-dealkylation sites (N-methyl/N-ethyl adjacent to an activating group) is 1. The first kappa shape index (κ1) is 20.8. The number of ether oxygens (including phenoxy) is 2. The number of carbonyl (C=O) groups excluding carboxylic acids is 2. The second kappa shape index (κ2) is 9.97. The lowest BCUT2D eigenvalue weighted by atomic mass is 10.1. The Labute approximate surface area is 167 Å². The summed E-state index contributed by atoms with van der Waals surface area (Å²) >= 11 is 3.39. The van der Waals surface area contributed by atoms with Gasteiger partial charge in [0.15, 0.2) is 6.61 Å². The Morgan fingerprint density at radius 2 is 1.67 bits per heavy atom. The number of benzene rings is 2. The minimum absolute atomic E-state index is 0.163. The van der Waals surface area contributed by atoms with Gasteiger partial charge in [0.2, 0.25) is 5.91 Å². The smallest absolute Gasteiger partial charge is 0.261 e. The summed E-state index contributed by atoms with van der Waals surface area (Å²) in [6.07, 6.45) is 0. The van der Waals surface area contributed by atoms with Crippen LogP contribution in [0.2, 0.25) is 0 Å². The SMILES string of the molecule is CNC(=O)[C@H](C)N(Cc1ccc(Br)cc1)C(=O)COc1ccc(OC)cc1. The van der Waals surface area contributed by atoms with E-state index in [0.717, 1.165) is 10.0 Å². The van der Waals surface area contributed by atoms with Crippen molar-refractivity contribution in [2.45, 2.75) is 19.5 Å². The molecular weight excluding hydrogens is 412 g/mol. The summed E-state index contributed by atoms with van der Waals surface area (Å²) in [4.78, 5) is 26.3. The summed E-state index contributed by atoms with van der Waals surface area (Å²) in [5.41, 5.74) is 0.923. The van der Waals surface area contributed by atoms with Gasteiger partial charge in [-0.2, -0.15) is 0 Å². The molecule has 2 amide bonds. The molecule has 0 heterocycles. The molecule has 0 fully saturated rings. The maximum atomic E-state index is 12.8. The first-order chi connectivity index (χ1) is 12.9. The molecule has 0 aliphatic rings. The molecular formula is C20H23BrN2O4. The summed E-state index contributed by atoms with van der Waals surface area (Å²) in [5.74, 6) is 0.758. The molecule has 2 aromatic carbocycles. The lowest BCUT2D eigenvalue weighted by Gasteiger charge is -2.28. The fraction of sp³-hybridized carbons (Fsp3) is 0.300. The van der Waals surface area contributed by atoms with Crippen LogP contribution in [0.15, 0.2) is 53.0 Å². The van der Waals surface area contributed by atoms with E-state index in [2.05, 4.69) is 21.2 Å². The van der Waals surface area contributed by atoms with E-state index in [0.29, 0.717) is 18.0 Å². The summed E-state index contributed by atoms with van der Waals surface area (Å²) in [6, 6.07) is 14.0. The van der Waals surface area contributed by atoms with Crippen molar-refractivity contribution < 1.29 is 19.1 Å². The van der Waals surface area contributed by atoms with Crippen molar-refractivity contribution in [2.24, 2.45) is 0 Å². The molecule has 27 heavy (non-hydrogen) atoms. The Hall–Kier alpha value is -2.54. The summed E-state index contributed by atoms with van der Waals surface area (Å²) in [7, 11) is 3.13. The summed E-state index contributed by atoms with van der Waals surface area (Å²) < 4.78 is 11.6. The number of amides is 2. The molecule has 0 spiro atoms. The van der Waals surface area contributed by atoms with Crippen LogP contribution in [0, 0.1) is 0 Å².